The number of fused-ring (bicyclic) bond motifs is 1. The van der Waals surface area contributed by atoms with Gasteiger partial charge in [-0.05, 0) is 24.6 Å². The fraction of sp³-hybridized carbons (Fsp3) is 0.500. The number of aliphatic hydroxyl groups is 1. The zero-order valence-corrected chi connectivity index (χ0v) is 11.2. The van der Waals surface area contributed by atoms with E-state index in [-0.39, 0.29) is 12.0 Å². The first kappa shape index (κ1) is 13.1. The van der Waals surface area contributed by atoms with Crippen LogP contribution in [0.1, 0.15) is 25.2 Å². The smallest absolute Gasteiger partial charge is 0.104 e. The van der Waals surface area contributed by atoms with Crippen LogP contribution < -0.4 is 5.32 Å². The van der Waals surface area contributed by atoms with Crippen molar-refractivity contribution in [3.63, 3.8) is 0 Å². The number of nitrogens with one attached hydrogen (secondary N) is 2. The lowest BCUT2D eigenvalue weighted by Crippen LogP contribution is -2.34. The van der Waals surface area contributed by atoms with E-state index in [1.807, 2.05) is 6.92 Å². The van der Waals surface area contributed by atoms with Crippen LogP contribution in [-0.2, 0) is 5.41 Å². The molecule has 0 aliphatic heterocycles. The highest BCUT2D eigenvalue weighted by atomic mass is 16.3. The number of hydrogen-bond acceptors (Lipinski definition) is 3. The van der Waals surface area contributed by atoms with Gasteiger partial charge in [0.25, 0.3) is 0 Å². The van der Waals surface area contributed by atoms with E-state index in [1.165, 1.54) is 5.56 Å². The molecule has 0 amide bonds. The van der Waals surface area contributed by atoms with Crippen molar-refractivity contribution >= 4 is 11.0 Å². The highest BCUT2D eigenvalue weighted by molar-refractivity contribution is 5.76. The number of aliphatic hydroxyl groups excluding tert-OH is 1. The summed E-state index contributed by atoms with van der Waals surface area (Å²) in [5.41, 5.74) is 3.39. The number of aryl methyl sites for hydroxylation is 1. The third-order valence-corrected chi connectivity index (χ3v) is 3.24. The van der Waals surface area contributed by atoms with Gasteiger partial charge in [-0.15, -0.1) is 0 Å². The van der Waals surface area contributed by atoms with Gasteiger partial charge in [0.05, 0.1) is 17.6 Å². The topological polar surface area (TPSA) is 60.9 Å². The zero-order chi connectivity index (χ0) is 13.2. The molecule has 1 aromatic heterocycles. The first-order chi connectivity index (χ1) is 8.53. The van der Waals surface area contributed by atoms with E-state index in [0.717, 1.165) is 23.4 Å². The fourth-order valence-electron chi connectivity index (χ4n) is 2.14. The van der Waals surface area contributed by atoms with Crippen LogP contribution in [0.2, 0.25) is 0 Å². The Balaban J connectivity index is 2.23. The second kappa shape index (κ2) is 5.08. The highest BCUT2D eigenvalue weighted by Gasteiger charge is 2.20. The van der Waals surface area contributed by atoms with Crippen LogP contribution in [0, 0.1) is 6.92 Å². The van der Waals surface area contributed by atoms with E-state index in [2.05, 4.69) is 47.3 Å². The lowest BCUT2D eigenvalue weighted by atomic mass is 9.84. The molecule has 1 heterocycles. The number of aromatic amines is 1. The first-order valence-corrected chi connectivity index (χ1v) is 6.31. The molecule has 3 N–H and O–H groups in total. The number of rotatable bonds is 5. The minimum absolute atomic E-state index is 0.0301. The lowest BCUT2D eigenvalue weighted by molar-refractivity contribution is 0.286. The maximum absolute atomic E-state index is 8.80. The summed E-state index contributed by atoms with van der Waals surface area (Å²) in [6.45, 7) is 8.01. The van der Waals surface area contributed by atoms with E-state index in [1.54, 1.807) is 0 Å². The van der Waals surface area contributed by atoms with Gasteiger partial charge in [0, 0.05) is 18.5 Å². The number of hydrogen-bond donors (Lipinski definition) is 3. The van der Waals surface area contributed by atoms with Crippen LogP contribution in [-0.4, -0.2) is 34.8 Å². The maximum atomic E-state index is 8.80. The van der Waals surface area contributed by atoms with E-state index in [4.69, 9.17) is 5.11 Å². The predicted octanol–water partition coefficient (Wildman–Crippen LogP) is 1.73. The highest BCUT2D eigenvalue weighted by Crippen LogP contribution is 2.25. The van der Waals surface area contributed by atoms with E-state index in [9.17, 15) is 0 Å². The van der Waals surface area contributed by atoms with Crippen LogP contribution in [0.4, 0.5) is 0 Å². The Morgan fingerprint density at radius 3 is 2.89 bits per heavy atom. The third-order valence-electron chi connectivity index (χ3n) is 3.24. The Labute approximate surface area is 107 Å². The summed E-state index contributed by atoms with van der Waals surface area (Å²) in [5, 5.41) is 12.1. The Morgan fingerprint density at radius 1 is 1.39 bits per heavy atom. The molecule has 1 aromatic carbocycles. The molecular formula is C14H21N3O. The molecule has 2 rings (SSSR count). The Hall–Kier alpha value is -1.39. The summed E-state index contributed by atoms with van der Waals surface area (Å²) in [7, 11) is 0. The number of nitrogens with zero attached hydrogens (tertiary/aromatic N) is 1. The van der Waals surface area contributed by atoms with Crippen molar-refractivity contribution in [3.05, 3.63) is 29.6 Å². The van der Waals surface area contributed by atoms with Crippen molar-refractivity contribution in [1.29, 1.82) is 0 Å². The SMILES string of the molecule is Cc1nc2ccc(C(C)(C)CNCCO)cc2[nH]1. The minimum atomic E-state index is 0.0301. The summed E-state index contributed by atoms with van der Waals surface area (Å²) in [5.74, 6) is 0.943. The molecule has 0 saturated carbocycles. The van der Waals surface area contributed by atoms with Crippen LogP contribution in [0.25, 0.3) is 11.0 Å². The van der Waals surface area contributed by atoms with Crippen molar-refractivity contribution in [2.75, 3.05) is 19.7 Å². The van der Waals surface area contributed by atoms with E-state index < -0.39 is 0 Å². The van der Waals surface area contributed by atoms with Crippen LogP contribution in [0.5, 0.6) is 0 Å². The van der Waals surface area contributed by atoms with Gasteiger partial charge in [-0.1, -0.05) is 19.9 Å². The zero-order valence-electron chi connectivity index (χ0n) is 11.2. The fourth-order valence-corrected chi connectivity index (χ4v) is 2.14. The van der Waals surface area contributed by atoms with Crippen molar-refractivity contribution in [3.8, 4) is 0 Å². The summed E-state index contributed by atoms with van der Waals surface area (Å²) < 4.78 is 0. The maximum Gasteiger partial charge on any atom is 0.104 e. The van der Waals surface area contributed by atoms with Gasteiger partial charge in [-0.3, -0.25) is 0 Å². The number of imidazole rings is 1. The lowest BCUT2D eigenvalue weighted by Gasteiger charge is -2.25. The molecule has 0 radical (unpaired) electrons. The normalized spacial score (nSPS) is 12.2. The van der Waals surface area contributed by atoms with Crippen molar-refractivity contribution in [2.24, 2.45) is 0 Å². The molecular weight excluding hydrogens is 226 g/mol. The molecule has 0 spiro atoms. The quantitative estimate of drug-likeness (QED) is 0.705. The van der Waals surface area contributed by atoms with Crippen LogP contribution >= 0.6 is 0 Å². The van der Waals surface area contributed by atoms with Gasteiger partial charge in [0.1, 0.15) is 5.82 Å². The predicted molar refractivity (Wildman–Crippen MR) is 73.8 cm³/mol. The molecule has 4 nitrogen and oxygen atoms in total. The number of aromatic nitrogens is 2. The summed E-state index contributed by atoms with van der Waals surface area (Å²) in [6, 6.07) is 6.35. The second-order valence-electron chi connectivity index (χ2n) is 5.34. The molecule has 0 unspecified atom stereocenters. The molecule has 4 heteroatoms. The van der Waals surface area contributed by atoms with Crippen molar-refractivity contribution in [2.45, 2.75) is 26.2 Å². The third kappa shape index (κ3) is 2.71. The van der Waals surface area contributed by atoms with Crippen LogP contribution in [0.3, 0.4) is 0 Å². The van der Waals surface area contributed by atoms with Gasteiger partial charge in [0.15, 0.2) is 0 Å². The van der Waals surface area contributed by atoms with E-state index >= 15 is 0 Å². The molecule has 0 aliphatic rings. The summed E-state index contributed by atoms with van der Waals surface area (Å²) in [6.07, 6.45) is 0. The number of H-pyrrole nitrogens is 1. The monoisotopic (exact) mass is 247 g/mol. The molecule has 0 fully saturated rings. The molecule has 0 saturated heterocycles. The summed E-state index contributed by atoms with van der Waals surface area (Å²) in [4.78, 5) is 7.67. The van der Waals surface area contributed by atoms with Crippen molar-refractivity contribution < 1.29 is 5.11 Å². The van der Waals surface area contributed by atoms with Crippen LogP contribution in [0.15, 0.2) is 18.2 Å². The Morgan fingerprint density at radius 2 is 2.17 bits per heavy atom. The molecule has 2 aromatic rings. The van der Waals surface area contributed by atoms with Gasteiger partial charge in [-0.2, -0.15) is 0 Å². The standard InChI is InChI=1S/C14H21N3O/c1-10-16-12-5-4-11(8-13(12)17-10)14(2,3)9-15-6-7-18/h4-5,8,15,18H,6-7,9H2,1-3H3,(H,16,17). The summed E-state index contributed by atoms with van der Waals surface area (Å²) >= 11 is 0. The Kier molecular flexibility index (Phi) is 3.68. The van der Waals surface area contributed by atoms with E-state index in [0.29, 0.717) is 6.54 Å². The molecule has 0 bridgehead atoms. The molecule has 18 heavy (non-hydrogen) atoms. The number of benzene rings is 1. The molecule has 0 atom stereocenters. The minimum Gasteiger partial charge on any atom is -0.395 e. The molecule has 0 aliphatic carbocycles. The van der Waals surface area contributed by atoms with Gasteiger partial charge >= 0.3 is 0 Å². The van der Waals surface area contributed by atoms with Gasteiger partial charge in [-0.25, -0.2) is 4.98 Å². The van der Waals surface area contributed by atoms with Crippen molar-refractivity contribution in [1.82, 2.24) is 15.3 Å². The van der Waals surface area contributed by atoms with Gasteiger partial charge < -0.3 is 15.4 Å². The second-order valence-corrected chi connectivity index (χ2v) is 5.34. The average Bonchev–Trinajstić information content (AvgIpc) is 2.68. The van der Waals surface area contributed by atoms with Gasteiger partial charge in [0.2, 0.25) is 0 Å². The largest absolute Gasteiger partial charge is 0.395 e. The first-order valence-electron chi connectivity index (χ1n) is 6.31. The molecule has 98 valence electrons. The Bertz CT molecular complexity index is 531. The average molecular weight is 247 g/mol.